The third-order valence-electron chi connectivity index (χ3n) is 3.63. The predicted octanol–water partition coefficient (Wildman–Crippen LogP) is 1.81. The SMILES string of the molecule is Cc1c(CN(C)C(=O)c2nn3cccnc3c2Br)cnn1C. The van der Waals surface area contributed by atoms with Gasteiger partial charge in [0.2, 0.25) is 0 Å². The first-order valence-electron chi connectivity index (χ1n) is 6.71. The molecule has 3 aromatic heterocycles. The monoisotopic (exact) mass is 362 g/mol. The number of fused-ring (bicyclic) bond motifs is 1. The van der Waals surface area contributed by atoms with Gasteiger partial charge < -0.3 is 4.90 Å². The van der Waals surface area contributed by atoms with Gasteiger partial charge in [-0.3, -0.25) is 9.48 Å². The molecule has 0 spiro atoms. The van der Waals surface area contributed by atoms with E-state index in [1.54, 1.807) is 45.8 Å². The largest absolute Gasteiger partial charge is 0.336 e. The van der Waals surface area contributed by atoms with Gasteiger partial charge in [-0.15, -0.1) is 0 Å². The molecule has 0 saturated heterocycles. The molecular formula is C14H15BrN6O. The van der Waals surface area contributed by atoms with Crippen LogP contribution in [0.1, 0.15) is 21.7 Å². The fourth-order valence-electron chi connectivity index (χ4n) is 2.20. The van der Waals surface area contributed by atoms with E-state index < -0.39 is 0 Å². The lowest BCUT2D eigenvalue weighted by atomic mass is 10.2. The van der Waals surface area contributed by atoms with E-state index in [4.69, 9.17) is 0 Å². The lowest BCUT2D eigenvalue weighted by Gasteiger charge is -2.15. The number of carbonyl (C=O) groups is 1. The van der Waals surface area contributed by atoms with Gasteiger partial charge in [0, 0.05) is 44.3 Å². The Morgan fingerprint density at radius 2 is 2.23 bits per heavy atom. The molecule has 0 unspecified atom stereocenters. The number of hydrogen-bond donors (Lipinski definition) is 0. The van der Waals surface area contributed by atoms with Crippen molar-refractivity contribution in [1.29, 1.82) is 0 Å². The molecule has 0 aliphatic rings. The van der Waals surface area contributed by atoms with Gasteiger partial charge in [-0.25, -0.2) is 9.50 Å². The molecule has 0 radical (unpaired) electrons. The summed E-state index contributed by atoms with van der Waals surface area (Å²) in [5.41, 5.74) is 3.02. The van der Waals surface area contributed by atoms with Crippen molar-refractivity contribution in [2.45, 2.75) is 13.5 Å². The van der Waals surface area contributed by atoms with Crippen LogP contribution in [0.5, 0.6) is 0 Å². The fraction of sp³-hybridized carbons (Fsp3) is 0.286. The lowest BCUT2D eigenvalue weighted by Crippen LogP contribution is -2.27. The van der Waals surface area contributed by atoms with Crippen molar-refractivity contribution in [2.24, 2.45) is 7.05 Å². The molecule has 8 heteroatoms. The number of aromatic nitrogens is 5. The van der Waals surface area contributed by atoms with Crippen LogP contribution in [0, 0.1) is 6.92 Å². The van der Waals surface area contributed by atoms with Crippen LogP contribution in [-0.2, 0) is 13.6 Å². The van der Waals surface area contributed by atoms with Crippen molar-refractivity contribution in [3.8, 4) is 0 Å². The smallest absolute Gasteiger partial charge is 0.275 e. The second-order valence-electron chi connectivity index (χ2n) is 5.09. The van der Waals surface area contributed by atoms with Gasteiger partial charge in [-0.05, 0) is 28.9 Å². The van der Waals surface area contributed by atoms with Crippen LogP contribution in [0.4, 0.5) is 0 Å². The van der Waals surface area contributed by atoms with E-state index >= 15 is 0 Å². The average molecular weight is 363 g/mol. The van der Waals surface area contributed by atoms with Gasteiger partial charge in [0.25, 0.3) is 5.91 Å². The zero-order valence-electron chi connectivity index (χ0n) is 12.5. The van der Waals surface area contributed by atoms with Gasteiger partial charge in [-0.2, -0.15) is 10.2 Å². The Labute approximate surface area is 135 Å². The van der Waals surface area contributed by atoms with E-state index in [1.807, 2.05) is 14.0 Å². The quantitative estimate of drug-likeness (QED) is 0.712. The average Bonchev–Trinajstić information content (AvgIpc) is 3.01. The van der Waals surface area contributed by atoms with Gasteiger partial charge >= 0.3 is 0 Å². The molecule has 0 fully saturated rings. The summed E-state index contributed by atoms with van der Waals surface area (Å²) in [5.74, 6) is -0.166. The van der Waals surface area contributed by atoms with Gasteiger partial charge in [0.05, 0.1) is 10.7 Å². The molecule has 0 atom stereocenters. The zero-order chi connectivity index (χ0) is 15.9. The summed E-state index contributed by atoms with van der Waals surface area (Å²) in [4.78, 5) is 18.5. The molecule has 3 rings (SSSR count). The zero-order valence-corrected chi connectivity index (χ0v) is 14.1. The van der Waals surface area contributed by atoms with Crippen LogP contribution >= 0.6 is 15.9 Å². The van der Waals surface area contributed by atoms with E-state index in [-0.39, 0.29) is 5.91 Å². The van der Waals surface area contributed by atoms with Gasteiger partial charge in [0.1, 0.15) is 0 Å². The Bertz CT molecular complexity index is 852. The second-order valence-corrected chi connectivity index (χ2v) is 5.88. The predicted molar refractivity (Wildman–Crippen MR) is 84.4 cm³/mol. The maximum absolute atomic E-state index is 12.6. The minimum Gasteiger partial charge on any atom is -0.336 e. The molecule has 0 bridgehead atoms. The van der Waals surface area contributed by atoms with E-state index in [0.29, 0.717) is 22.4 Å². The first kappa shape index (κ1) is 14.7. The fourth-order valence-corrected chi connectivity index (χ4v) is 2.74. The molecule has 3 aromatic rings. The van der Waals surface area contributed by atoms with Crippen molar-refractivity contribution >= 4 is 27.5 Å². The molecule has 1 amide bonds. The second kappa shape index (κ2) is 5.53. The van der Waals surface area contributed by atoms with Crippen LogP contribution in [0.15, 0.2) is 29.1 Å². The van der Waals surface area contributed by atoms with Crippen LogP contribution in [0.25, 0.3) is 5.65 Å². The van der Waals surface area contributed by atoms with E-state index in [1.165, 1.54) is 0 Å². The number of carbonyl (C=O) groups excluding carboxylic acids is 1. The normalized spacial score (nSPS) is 11.1. The summed E-state index contributed by atoms with van der Waals surface area (Å²) in [7, 11) is 3.63. The molecular weight excluding hydrogens is 348 g/mol. The summed E-state index contributed by atoms with van der Waals surface area (Å²) >= 11 is 3.41. The van der Waals surface area contributed by atoms with E-state index in [0.717, 1.165) is 11.3 Å². The number of amides is 1. The highest BCUT2D eigenvalue weighted by Gasteiger charge is 2.22. The third-order valence-corrected chi connectivity index (χ3v) is 4.36. The highest BCUT2D eigenvalue weighted by atomic mass is 79.9. The molecule has 114 valence electrons. The Balaban J connectivity index is 1.88. The summed E-state index contributed by atoms with van der Waals surface area (Å²) in [6.07, 6.45) is 5.20. The summed E-state index contributed by atoms with van der Waals surface area (Å²) < 4.78 is 3.98. The lowest BCUT2D eigenvalue weighted by molar-refractivity contribution is 0.0778. The Hall–Kier alpha value is -2.22. The molecule has 0 N–H and O–H groups in total. The van der Waals surface area contributed by atoms with Crippen molar-refractivity contribution in [2.75, 3.05) is 7.05 Å². The van der Waals surface area contributed by atoms with Gasteiger partial charge in [-0.1, -0.05) is 0 Å². The summed E-state index contributed by atoms with van der Waals surface area (Å²) in [5, 5.41) is 8.49. The Morgan fingerprint density at radius 3 is 2.86 bits per heavy atom. The first-order chi connectivity index (χ1) is 10.5. The molecule has 0 aliphatic carbocycles. The standard InChI is InChI=1S/C14H15BrN6O/c1-9-10(7-17-20(9)3)8-19(2)14(22)12-11(15)13-16-5-4-6-21(13)18-12/h4-7H,8H2,1-3H3. The third kappa shape index (κ3) is 2.39. The van der Waals surface area contributed by atoms with Gasteiger partial charge in [0.15, 0.2) is 11.3 Å². The minimum absolute atomic E-state index is 0.166. The summed E-state index contributed by atoms with van der Waals surface area (Å²) in [6.45, 7) is 2.46. The highest BCUT2D eigenvalue weighted by molar-refractivity contribution is 9.10. The number of aryl methyl sites for hydroxylation is 1. The van der Waals surface area contributed by atoms with E-state index in [2.05, 4.69) is 31.1 Å². The summed E-state index contributed by atoms with van der Waals surface area (Å²) in [6, 6.07) is 1.77. The van der Waals surface area contributed by atoms with Crippen LogP contribution in [0.3, 0.4) is 0 Å². The van der Waals surface area contributed by atoms with E-state index in [9.17, 15) is 4.79 Å². The highest BCUT2D eigenvalue weighted by Crippen LogP contribution is 2.22. The minimum atomic E-state index is -0.166. The molecule has 0 aromatic carbocycles. The molecule has 7 nitrogen and oxygen atoms in total. The maximum Gasteiger partial charge on any atom is 0.275 e. The number of rotatable bonds is 3. The van der Waals surface area contributed by atoms with Crippen LogP contribution < -0.4 is 0 Å². The Kier molecular flexibility index (Phi) is 3.69. The molecule has 0 saturated carbocycles. The maximum atomic E-state index is 12.6. The Morgan fingerprint density at radius 1 is 1.45 bits per heavy atom. The van der Waals surface area contributed by atoms with Crippen molar-refractivity contribution in [3.63, 3.8) is 0 Å². The van der Waals surface area contributed by atoms with Crippen molar-refractivity contribution in [1.82, 2.24) is 29.3 Å². The first-order valence-corrected chi connectivity index (χ1v) is 7.50. The molecule has 0 aliphatic heterocycles. The number of halogens is 1. The van der Waals surface area contributed by atoms with Crippen molar-refractivity contribution < 1.29 is 4.79 Å². The van der Waals surface area contributed by atoms with Crippen LogP contribution in [-0.4, -0.2) is 42.2 Å². The van der Waals surface area contributed by atoms with Crippen molar-refractivity contribution in [3.05, 3.63) is 46.1 Å². The topological polar surface area (TPSA) is 68.3 Å². The molecule has 22 heavy (non-hydrogen) atoms. The number of nitrogens with zero attached hydrogens (tertiary/aromatic N) is 6. The van der Waals surface area contributed by atoms with Crippen LogP contribution in [0.2, 0.25) is 0 Å². The molecule has 3 heterocycles. The number of hydrogen-bond acceptors (Lipinski definition) is 4.